The zero-order chi connectivity index (χ0) is 19.4. The Morgan fingerprint density at radius 1 is 0.960 bits per heavy atom. The van der Waals surface area contributed by atoms with Crippen LogP contribution in [0.3, 0.4) is 0 Å². The van der Waals surface area contributed by atoms with E-state index < -0.39 is 24.5 Å². The van der Waals surface area contributed by atoms with E-state index in [0.717, 1.165) is 0 Å². The molecular formula is C13H19F6N5O. The Balaban J connectivity index is 3.29. The van der Waals surface area contributed by atoms with Crippen LogP contribution in [0.4, 0.5) is 38.2 Å². The smallest absolute Gasteiger partial charge is 0.434 e. The molecule has 0 radical (unpaired) electrons. The van der Waals surface area contributed by atoms with E-state index >= 15 is 0 Å². The summed E-state index contributed by atoms with van der Waals surface area (Å²) in [5, 5.41) is 2.71. The van der Waals surface area contributed by atoms with Gasteiger partial charge in [-0.3, -0.25) is 0 Å². The summed E-state index contributed by atoms with van der Waals surface area (Å²) in [5.41, 5.74) is 0. The van der Waals surface area contributed by atoms with Gasteiger partial charge >= 0.3 is 18.4 Å². The minimum Gasteiger partial charge on any atom is -0.440 e. The van der Waals surface area contributed by atoms with E-state index in [0.29, 0.717) is 13.1 Å². The third kappa shape index (κ3) is 6.09. The first-order valence-electron chi connectivity index (χ1n) is 7.46. The molecule has 0 aliphatic rings. The molecule has 1 rings (SSSR count). The fraction of sp³-hybridized carbons (Fsp3) is 0.769. The van der Waals surface area contributed by atoms with Crippen molar-refractivity contribution in [1.82, 2.24) is 15.0 Å². The lowest BCUT2D eigenvalue weighted by atomic mass is 10.3. The lowest BCUT2D eigenvalue weighted by Gasteiger charge is -2.24. The molecule has 0 aliphatic heterocycles. The van der Waals surface area contributed by atoms with E-state index in [9.17, 15) is 26.3 Å². The summed E-state index contributed by atoms with van der Waals surface area (Å²) in [5.74, 6) is -0.258. The predicted octanol–water partition coefficient (Wildman–Crippen LogP) is 3.41. The van der Waals surface area contributed by atoms with E-state index in [1.54, 1.807) is 27.7 Å². The molecule has 0 amide bonds. The van der Waals surface area contributed by atoms with Crippen LogP contribution in [0.15, 0.2) is 0 Å². The standard InChI is InChI=1S/C13H19F6N5O/c1-5-24(6-2)10-21-9(20-7(3)4)22-11(23-10)25-8(12(14,15)16)13(17,18)19/h7-8H,5-6H2,1-4H3,(H,20,21,22,23). The highest BCUT2D eigenvalue weighted by molar-refractivity contribution is 5.38. The molecule has 0 saturated heterocycles. The van der Waals surface area contributed by atoms with Crippen molar-refractivity contribution in [2.24, 2.45) is 0 Å². The Hall–Kier alpha value is -2.01. The summed E-state index contributed by atoms with van der Waals surface area (Å²) in [7, 11) is 0. The van der Waals surface area contributed by atoms with E-state index in [4.69, 9.17) is 0 Å². The van der Waals surface area contributed by atoms with Crippen LogP contribution in [-0.2, 0) is 0 Å². The number of ether oxygens (including phenoxy) is 1. The maximum Gasteiger partial charge on any atom is 0.434 e. The van der Waals surface area contributed by atoms with Crippen molar-refractivity contribution in [1.29, 1.82) is 0 Å². The van der Waals surface area contributed by atoms with Crippen LogP contribution in [0.5, 0.6) is 6.01 Å². The predicted molar refractivity (Wildman–Crippen MR) is 78.7 cm³/mol. The Morgan fingerprint density at radius 3 is 1.88 bits per heavy atom. The molecule has 0 saturated carbocycles. The largest absolute Gasteiger partial charge is 0.440 e. The summed E-state index contributed by atoms with van der Waals surface area (Å²) in [6.45, 7) is 7.66. The van der Waals surface area contributed by atoms with Gasteiger partial charge in [0.25, 0.3) is 6.10 Å². The zero-order valence-electron chi connectivity index (χ0n) is 14.0. The average molecular weight is 375 g/mol. The maximum absolute atomic E-state index is 12.7. The Bertz CT molecular complexity index is 545. The Labute approximate surface area is 140 Å². The number of aromatic nitrogens is 3. The monoisotopic (exact) mass is 375 g/mol. The molecule has 6 nitrogen and oxygen atoms in total. The molecule has 0 aromatic carbocycles. The lowest BCUT2D eigenvalue weighted by molar-refractivity contribution is -0.301. The van der Waals surface area contributed by atoms with Crippen LogP contribution in [-0.4, -0.2) is 52.5 Å². The lowest BCUT2D eigenvalue weighted by Crippen LogP contribution is -2.47. The number of anilines is 2. The van der Waals surface area contributed by atoms with Gasteiger partial charge < -0.3 is 15.0 Å². The summed E-state index contributed by atoms with van der Waals surface area (Å²) < 4.78 is 80.0. The molecule has 144 valence electrons. The molecule has 12 heteroatoms. The maximum atomic E-state index is 12.7. The van der Waals surface area contributed by atoms with Gasteiger partial charge in [0, 0.05) is 19.1 Å². The van der Waals surface area contributed by atoms with Crippen LogP contribution in [0.25, 0.3) is 0 Å². The van der Waals surface area contributed by atoms with Crippen molar-refractivity contribution in [3.05, 3.63) is 0 Å². The molecule has 1 heterocycles. The van der Waals surface area contributed by atoms with Crippen LogP contribution in [0, 0.1) is 0 Å². The van der Waals surface area contributed by atoms with E-state index in [-0.39, 0.29) is 17.9 Å². The third-order valence-electron chi connectivity index (χ3n) is 2.88. The molecule has 0 fully saturated rings. The molecule has 1 N–H and O–H groups in total. The van der Waals surface area contributed by atoms with E-state index in [1.807, 2.05) is 0 Å². The number of nitrogens with zero attached hydrogens (tertiary/aromatic N) is 4. The van der Waals surface area contributed by atoms with Crippen LogP contribution in [0.2, 0.25) is 0 Å². The summed E-state index contributed by atoms with van der Waals surface area (Å²) in [4.78, 5) is 12.6. The molecule has 25 heavy (non-hydrogen) atoms. The van der Waals surface area contributed by atoms with Gasteiger partial charge in [-0.1, -0.05) is 0 Å². The number of rotatable bonds is 7. The highest BCUT2D eigenvalue weighted by Crippen LogP contribution is 2.36. The molecular weight excluding hydrogens is 356 g/mol. The van der Waals surface area contributed by atoms with Gasteiger partial charge in [-0.05, 0) is 27.7 Å². The van der Waals surface area contributed by atoms with Crippen LogP contribution < -0.4 is 15.0 Å². The van der Waals surface area contributed by atoms with Crippen molar-refractivity contribution >= 4 is 11.9 Å². The summed E-state index contributed by atoms with van der Waals surface area (Å²) >= 11 is 0. The number of nitrogens with one attached hydrogen (secondary N) is 1. The first kappa shape index (κ1) is 21.0. The normalized spacial score (nSPS) is 12.6. The van der Waals surface area contributed by atoms with Gasteiger partial charge in [-0.25, -0.2) is 0 Å². The van der Waals surface area contributed by atoms with Crippen molar-refractivity contribution in [3.8, 4) is 6.01 Å². The molecule has 0 bridgehead atoms. The SMILES string of the molecule is CCN(CC)c1nc(NC(C)C)nc(OC(C(F)(F)F)C(F)(F)F)n1. The van der Waals surface area contributed by atoms with Crippen molar-refractivity contribution in [3.63, 3.8) is 0 Å². The second kappa shape index (κ2) is 7.91. The van der Waals surface area contributed by atoms with Crippen molar-refractivity contribution in [2.75, 3.05) is 23.3 Å². The number of hydrogen-bond acceptors (Lipinski definition) is 6. The molecule has 0 atom stereocenters. The van der Waals surface area contributed by atoms with Gasteiger partial charge in [0.2, 0.25) is 11.9 Å². The highest BCUT2D eigenvalue weighted by atomic mass is 19.4. The number of hydrogen-bond donors (Lipinski definition) is 1. The van der Waals surface area contributed by atoms with Crippen LogP contribution >= 0.6 is 0 Å². The third-order valence-corrected chi connectivity index (χ3v) is 2.88. The van der Waals surface area contributed by atoms with Crippen molar-refractivity contribution < 1.29 is 31.1 Å². The van der Waals surface area contributed by atoms with E-state index in [1.165, 1.54) is 4.90 Å². The second-order valence-electron chi connectivity index (χ2n) is 5.29. The quantitative estimate of drug-likeness (QED) is 0.737. The van der Waals surface area contributed by atoms with Gasteiger partial charge in [0.05, 0.1) is 0 Å². The topological polar surface area (TPSA) is 63.2 Å². The molecule has 0 spiro atoms. The summed E-state index contributed by atoms with van der Waals surface area (Å²) in [6, 6.07) is -1.26. The minimum absolute atomic E-state index is 0.0822. The first-order valence-corrected chi connectivity index (χ1v) is 7.46. The highest BCUT2D eigenvalue weighted by Gasteiger charge is 2.59. The summed E-state index contributed by atoms with van der Waals surface area (Å²) in [6.07, 6.45) is -15.4. The Morgan fingerprint density at radius 2 is 1.48 bits per heavy atom. The fourth-order valence-corrected chi connectivity index (χ4v) is 1.79. The van der Waals surface area contributed by atoms with Gasteiger partial charge in [-0.2, -0.15) is 41.3 Å². The Kier molecular flexibility index (Phi) is 6.66. The molecule has 1 aromatic heterocycles. The molecule has 0 aliphatic carbocycles. The van der Waals surface area contributed by atoms with Crippen LogP contribution in [0.1, 0.15) is 27.7 Å². The average Bonchev–Trinajstić information content (AvgIpc) is 2.43. The number of alkyl halides is 6. The molecule has 1 aromatic rings. The van der Waals surface area contributed by atoms with Gasteiger partial charge in [-0.15, -0.1) is 0 Å². The fourth-order valence-electron chi connectivity index (χ4n) is 1.79. The van der Waals surface area contributed by atoms with E-state index in [2.05, 4.69) is 25.0 Å². The van der Waals surface area contributed by atoms with Crippen molar-refractivity contribution in [2.45, 2.75) is 52.2 Å². The zero-order valence-corrected chi connectivity index (χ0v) is 14.0. The van der Waals surface area contributed by atoms with Gasteiger partial charge in [0.15, 0.2) is 0 Å². The first-order chi connectivity index (χ1) is 11.4. The second-order valence-corrected chi connectivity index (χ2v) is 5.29. The minimum atomic E-state index is -5.66. The molecule has 0 unspecified atom stereocenters. The number of halogens is 6. The van der Waals surface area contributed by atoms with Gasteiger partial charge in [0.1, 0.15) is 0 Å².